The molecule has 0 spiro atoms. The third-order valence-electron chi connectivity index (χ3n) is 4.58. The van der Waals surface area contributed by atoms with E-state index in [1.54, 1.807) is 0 Å². The van der Waals surface area contributed by atoms with E-state index in [0.717, 1.165) is 26.0 Å². The largest absolute Gasteiger partial charge is 0.377 e. The van der Waals surface area contributed by atoms with Gasteiger partial charge in [-0.2, -0.15) is 0 Å². The lowest BCUT2D eigenvalue weighted by atomic mass is 9.84. The minimum absolute atomic E-state index is 0.0615. The van der Waals surface area contributed by atoms with E-state index in [9.17, 15) is 8.42 Å². The van der Waals surface area contributed by atoms with E-state index >= 15 is 0 Å². The van der Waals surface area contributed by atoms with Crippen molar-refractivity contribution >= 4 is 9.84 Å². The van der Waals surface area contributed by atoms with Gasteiger partial charge in [0.05, 0.1) is 17.6 Å². The number of rotatable bonds is 7. The highest BCUT2D eigenvalue weighted by molar-refractivity contribution is 7.91. The minimum Gasteiger partial charge on any atom is -0.377 e. The second-order valence-electron chi connectivity index (χ2n) is 6.27. The number of ether oxygens (including phenoxy) is 1. The zero-order chi connectivity index (χ0) is 14.4. The Morgan fingerprint density at radius 3 is 2.50 bits per heavy atom. The summed E-state index contributed by atoms with van der Waals surface area (Å²) in [5.74, 6) is 1.02. The molecule has 0 amide bonds. The Bertz CT molecular complexity index is 371. The maximum absolute atomic E-state index is 12.4. The van der Waals surface area contributed by atoms with Crippen molar-refractivity contribution < 1.29 is 13.2 Å². The van der Waals surface area contributed by atoms with Crippen LogP contribution in [0.15, 0.2) is 0 Å². The fourth-order valence-corrected chi connectivity index (χ4v) is 5.46. The molecule has 1 aliphatic carbocycles. The zero-order valence-corrected chi connectivity index (χ0v) is 13.5. The molecule has 1 saturated heterocycles. The van der Waals surface area contributed by atoms with Gasteiger partial charge in [0.25, 0.3) is 0 Å². The van der Waals surface area contributed by atoms with E-state index in [1.807, 2.05) is 0 Å². The Balaban J connectivity index is 1.91. The van der Waals surface area contributed by atoms with Crippen molar-refractivity contribution in [3.63, 3.8) is 0 Å². The quantitative estimate of drug-likeness (QED) is 0.783. The van der Waals surface area contributed by atoms with Gasteiger partial charge in [0.1, 0.15) is 0 Å². The van der Waals surface area contributed by atoms with Crippen molar-refractivity contribution in [1.82, 2.24) is 5.32 Å². The summed E-state index contributed by atoms with van der Waals surface area (Å²) in [7, 11) is -3.02. The van der Waals surface area contributed by atoms with Crippen LogP contribution in [0.5, 0.6) is 0 Å². The van der Waals surface area contributed by atoms with Crippen LogP contribution in [-0.2, 0) is 14.6 Å². The highest BCUT2D eigenvalue weighted by Crippen LogP contribution is 2.27. The van der Waals surface area contributed by atoms with Crippen molar-refractivity contribution in [2.75, 3.05) is 24.7 Å². The maximum atomic E-state index is 12.4. The number of hydrogen-bond donors (Lipinski definition) is 1. The molecule has 2 fully saturated rings. The molecule has 5 heteroatoms. The summed E-state index contributed by atoms with van der Waals surface area (Å²) in [6.45, 7) is 3.62. The molecule has 0 aromatic rings. The Morgan fingerprint density at radius 2 is 1.90 bits per heavy atom. The average molecular weight is 303 g/mol. The van der Waals surface area contributed by atoms with E-state index in [-0.39, 0.29) is 23.7 Å². The maximum Gasteiger partial charge on any atom is 0.154 e. The van der Waals surface area contributed by atoms with Gasteiger partial charge < -0.3 is 10.1 Å². The smallest absolute Gasteiger partial charge is 0.154 e. The molecule has 0 aromatic heterocycles. The zero-order valence-electron chi connectivity index (χ0n) is 12.6. The van der Waals surface area contributed by atoms with Crippen LogP contribution in [0.2, 0.25) is 0 Å². The van der Waals surface area contributed by atoms with Gasteiger partial charge in [0.2, 0.25) is 0 Å². The Labute approximate surface area is 123 Å². The first-order valence-electron chi connectivity index (χ1n) is 8.16. The third kappa shape index (κ3) is 5.01. The van der Waals surface area contributed by atoms with Gasteiger partial charge in [0.15, 0.2) is 9.84 Å². The third-order valence-corrected chi connectivity index (χ3v) is 6.33. The molecule has 4 nitrogen and oxygen atoms in total. The monoisotopic (exact) mass is 303 g/mol. The molecule has 1 aliphatic heterocycles. The lowest BCUT2D eigenvalue weighted by molar-refractivity contribution is 0.127. The molecular formula is C15H29NO3S. The highest BCUT2D eigenvalue weighted by atomic mass is 32.2. The Morgan fingerprint density at radius 1 is 1.15 bits per heavy atom. The van der Waals surface area contributed by atoms with Crippen molar-refractivity contribution in [2.24, 2.45) is 5.92 Å². The van der Waals surface area contributed by atoms with E-state index in [2.05, 4.69) is 12.2 Å². The normalized spacial score (nSPS) is 26.8. The number of nitrogens with one attached hydrogen (secondary N) is 1. The average Bonchev–Trinajstić information content (AvgIpc) is 2.91. The Hall–Kier alpha value is -0.130. The molecule has 0 bridgehead atoms. The van der Waals surface area contributed by atoms with Crippen molar-refractivity contribution in [3.8, 4) is 0 Å². The molecule has 1 saturated carbocycles. The van der Waals surface area contributed by atoms with Crippen molar-refractivity contribution in [2.45, 2.75) is 64.0 Å². The molecule has 2 atom stereocenters. The first-order chi connectivity index (χ1) is 9.61. The predicted octanol–water partition coefficient (Wildman–Crippen LogP) is 2.14. The number of sulfone groups is 1. The van der Waals surface area contributed by atoms with Crippen LogP contribution >= 0.6 is 0 Å². The van der Waals surface area contributed by atoms with Gasteiger partial charge in [-0.15, -0.1) is 0 Å². The van der Waals surface area contributed by atoms with Crippen LogP contribution in [0.1, 0.15) is 51.9 Å². The van der Waals surface area contributed by atoms with Crippen LogP contribution in [-0.4, -0.2) is 45.2 Å². The van der Waals surface area contributed by atoms with Crippen molar-refractivity contribution in [3.05, 3.63) is 0 Å². The van der Waals surface area contributed by atoms with Crippen molar-refractivity contribution in [1.29, 1.82) is 0 Å². The standard InChI is InChI=1S/C15H29NO3S/c1-2-16-15(13-7-4-3-5-8-13)12-20(17,18)11-14-9-6-10-19-14/h13-16H,2-12H2,1H3. The summed E-state index contributed by atoms with van der Waals surface area (Å²) >= 11 is 0. The fourth-order valence-electron chi connectivity index (χ4n) is 3.56. The Kier molecular flexibility index (Phi) is 6.30. The summed E-state index contributed by atoms with van der Waals surface area (Å²) in [6, 6.07) is 0.131. The van der Waals surface area contributed by atoms with Crippen LogP contribution in [0.4, 0.5) is 0 Å². The molecular weight excluding hydrogens is 274 g/mol. The molecule has 1 N–H and O–H groups in total. The van der Waals surface area contributed by atoms with Crippen LogP contribution in [0, 0.1) is 5.92 Å². The molecule has 2 rings (SSSR count). The molecule has 20 heavy (non-hydrogen) atoms. The van der Waals surface area contributed by atoms with Crippen LogP contribution in [0.3, 0.4) is 0 Å². The van der Waals surface area contributed by atoms with Crippen LogP contribution in [0.25, 0.3) is 0 Å². The molecule has 2 aliphatic rings. The second kappa shape index (κ2) is 7.76. The van der Waals surface area contributed by atoms with E-state index < -0.39 is 9.84 Å². The summed E-state index contributed by atoms with van der Waals surface area (Å²) < 4.78 is 30.3. The van der Waals surface area contributed by atoms with Gasteiger partial charge >= 0.3 is 0 Å². The molecule has 0 aromatic carbocycles. The lowest BCUT2D eigenvalue weighted by Crippen LogP contribution is -2.43. The van der Waals surface area contributed by atoms with Crippen LogP contribution < -0.4 is 5.32 Å². The van der Waals surface area contributed by atoms with Gasteiger partial charge in [-0.3, -0.25) is 0 Å². The van der Waals surface area contributed by atoms with E-state index in [1.165, 1.54) is 32.1 Å². The minimum atomic E-state index is -3.02. The van der Waals surface area contributed by atoms with E-state index in [4.69, 9.17) is 4.74 Å². The summed E-state index contributed by atoms with van der Waals surface area (Å²) in [5, 5.41) is 3.41. The molecule has 118 valence electrons. The second-order valence-corrected chi connectivity index (χ2v) is 8.43. The molecule has 0 radical (unpaired) electrons. The van der Waals surface area contributed by atoms with Gasteiger partial charge in [0, 0.05) is 12.6 Å². The van der Waals surface area contributed by atoms with Gasteiger partial charge in [-0.25, -0.2) is 8.42 Å². The summed E-state index contributed by atoms with van der Waals surface area (Å²) in [4.78, 5) is 0. The molecule has 2 unspecified atom stereocenters. The SMILES string of the molecule is CCNC(CS(=O)(=O)CC1CCCO1)C1CCCCC1. The fraction of sp³-hybridized carbons (Fsp3) is 1.00. The first kappa shape index (κ1) is 16.2. The predicted molar refractivity (Wildman–Crippen MR) is 81.7 cm³/mol. The first-order valence-corrected chi connectivity index (χ1v) is 9.98. The highest BCUT2D eigenvalue weighted by Gasteiger charge is 2.30. The lowest BCUT2D eigenvalue weighted by Gasteiger charge is -2.31. The molecule has 1 heterocycles. The topological polar surface area (TPSA) is 55.4 Å². The van der Waals surface area contributed by atoms with Gasteiger partial charge in [-0.05, 0) is 38.1 Å². The number of hydrogen-bond acceptors (Lipinski definition) is 4. The van der Waals surface area contributed by atoms with E-state index in [0.29, 0.717) is 5.92 Å². The summed E-state index contributed by atoms with van der Waals surface area (Å²) in [6.07, 6.45) is 7.98. The van der Waals surface area contributed by atoms with Gasteiger partial charge in [-0.1, -0.05) is 26.2 Å². The summed E-state index contributed by atoms with van der Waals surface area (Å²) in [5.41, 5.74) is 0.